The van der Waals surface area contributed by atoms with Crippen LogP contribution in [0.25, 0.3) is 10.8 Å². The molecule has 3 N–H and O–H groups in total. The highest BCUT2D eigenvalue weighted by Crippen LogP contribution is 2.39. The van der Waals surface area contributed by atoms with Gasteiger partial charge in [0.1, 0.15) is 17.2 Å². The quantitative estimate of drug-likeness (QED) is 0.681. The number of fused-ring (bicyclic) bond motifs is 1. The fourth-order valence-corrected chi connectivity index (χ4v) is 3.04. The van der Waals surface area contributed by atoms with Crippen molar-refractivity contribution in [1.82, 2.24) is 5.32 Å². The molecule has 128 valence electrons. The third kappa shape index (κ3) is 3.21. The lowest BCUT2D eigenvalue weighted by atomic mass is 9.92. The van der Waals surface area contributed by atoms with Crippen molar-refractivity contribution in [1.29, 1.82) is 0 Å². The molecule has 1 amide bonds. The summed E-state index contributed by atoms with van der Waals surface area (Å²) in [5.41, 5.74) is 1.22. The first kappa shape index (κ1) is 16.6. The van der Waals surface area contributed by atoms with Crippen molar-refractivity contribution in [2.45, 2.75) is 13.0 Å². The molecular formula is C20H19NO4. The second-order valence-corrected chi connectivity index (χ2v) is 5.78. The van der Waals surface area contributed by atoms with Crippen LogP contribution in [0.1, 0.15) is 24.1 Å². The van der Waals surface area contributed by atoms with E-state index in [1.54, 1.807) is 43.5 Å². The van der Waals surface area contributed by atoms with Crippen molar-refractivity contribution in [3.8, 4) is 17.2 Å². The van der Waals surface area contributed by atoms with Crippen molar-refractivity contribution in [2.75, 3.05) is 7.11 Å². The third-order valence-corrected chi connectivity index (χ3v) is 4.11. The van der Waals surface area contributed by atoms with Gasteiger partial charge in [0.2, 0.25) is 5.91 Å². The molecule has 0 unspecified atom stereocenters. The number of aromatic hydroxyl groups is 2. The lowest BCUT2D eigenvalue weighted by Crippen LogP contribution is -2.27. The number of benzene rings is 3. The monoisotopic (exact) mass is 337 g/mol. The predicted octanol–water partition coefficient (Wildman–Crippen LogP) is 3.49. The van der Waals surface area contributed by atoms with Crippen LogP contribution in [0.2, 0.25) is 0 Å². The predicted molar refractivity (Wildman–Crippen MR) is 95.9 cm³/mol. The van der Waals surface area contributed by atoms with Crippen molar-refractivity contribution < 1.29 is 19.7 Å². The summed E-state index contributed by atoms with van der Waals surface area (Å²) >= 11 is 0. The van der Waals surface area contributed by atoms with Crippen LogP contribution in [-0.4, -0.2) is 23.2 Å². The van der Waals surface area contributed by atoms with Crippen LogP contribution >= 0.6 is 0 Å². The Labute approximate surface area is 145 Å². The maximum absolute atomic E-state index is 11.8. The lowest BCUT2D eigenvalue weighted by molar-refractivity contribution is -0.119. The second kappa shape index (κ2) is 6.73. The van der Waals surface area contributed by atoms with E-state index in [-0.39, 0.29) is 17.4 Å². The Morgan fingerprint density at radius 1 is 1.08 bits per heavy atom. The molecule has 0 radical (unpaired) electrons. The molecule has 0 saturated heterocycles. The van der Waals surface area contributed by atoms with Gasteiger partial charge in [-0.15, -0.1) is 0 Å². The SMILES string of the molecule is COc1ccccc1[C@H](NC(C)=O)c1c(O)ccc2ccc(O)cc12. The van der Waals surface area contributed by atoms with Gasteiger partial charge in [-0.2, -0.15) is 0 Å². The van der Waals surface area contributed by atoms with E-state index in [2.05, 4.69) is 5.32 Å². The molecular weight excluding hydrogens is 318 g/mol. The van der Waals surface area contributed by atoms with Crippen LogP contribution < -0.4 is 10.1 Å². The van der Waals surface area contributed by atoms with Gasteiger partial charge in [-0.1, -0.05) is 30.3 Å². The van der Waals surface area contributed by atoms with E-state index in [0.29, 0.717) is 22.3 Å². The van der Waals surface area contributed by atoms with E-state index in [1.807, 2.05) is 18.2 Å². The molecule has 1 atom stereocenters. The summed E-state index contributed by atoms with van der Waals surface area (Å²) in [6, 6.07) is 15.0. The Bertz CT molecular complexity index is 931. The zero-order valence-corrected chi connectivity index (χ0v) is 14.0. The van der Waals surface area contributed by atoms with E-state index in [4.69, 9.17) is 4.74 Å². The Balaban J connectivity index is 2.31. The van der Waals surface area contributed by atoms with E-state index in [0.717, 1.165) is 5.39 Å². The minimum atomic E-state index is -0.626. The Hall–Kier alpha value is -3.21. The normalized spacial score (nSPS) is 11.9. The van der Waals surface area contributed by atoms with Gasteiger partial charge in [0.25, 0.3) is 0 Å². The Kier molecular flexibility index (Phi) is 4.48. The average molecular weight is 337 g/mol. The fourth-order valence-electron chi connectivity index (χ4n) is 3.04. The number of carbonyl (C=O) groups excluding carboxylic acids is 1. The molecule has 5 nitrogen and oxygen atoms in total. The lowest BCUT2D eigenvalue weighted by Gasteiger charge is -2.23. The van der Waals surface area contributed by atoms with Crippen LogP contribution in [-0.2, 0) is 4.79 Å². The highest BCUT2D eigenvalue weighted by Gasteiger charge is 2.24. The molecule has 0 saturated carbocycles. The fraction of sp³-hybridized carbons (Fsp3) is 0.150. The average Bonchev–Trinajstić information content (AvgIpc) is 2.60. The van der Waals surface area contributed by atoms with Crippen molar-refractivity contribution >= 4 is 16.7 Å². The second-order valence-electron chi connectivity index (χ2n) is 5.78. The minimum Gasteiger partial charge on any atom is -0.508 e. The van der Waals surface area contributed by atoms with Crippen LogP contribution in [0, 0.1) is 0 Å². The molecule has 0 aromatic heterocycles. The number of carbonyl (C=O) groups is 1. The number of ether oxygens (including phenoxy) is 1. The minimum absolute atomic E-state index is 0.0303. The topological polar surface area (TPSA) is 78.8 Å². The molecule has 0 aliphatic rings. The van der Waals surface area contributed by atoms with Gasteiger partial charge in [-0.05, 0) is 35.0 Å². The zero-order valence-electron chi connectivity index (χ0n) is 14.0. The molecule has 0 fully saturated rings. The number of para-hydroxylation sites is 1. The molecule has 0 aliphatic heterocycles. The van der Waals surface area contributed by atoms with Gasteiger partial charge < -0.3 is 20.3 Å². The maximum Gasteiger partial charge on any atom is 0.217 e. The van der Waals surface area contributed by atoms with E-state index in [9.17, 15) is 15.0 Å². The van der Waals surface area contributed by atoms with Crippen molar-refractivity contribution in [2.24, 2.45) is 0 Å². The number of phenols is 2. The van der Waals surface area contributed by atoms with Crippen molar-refractivity contribution in [3.63, 3.8) is 0 Å². The van der Waals surface area contributed by atoms with Crippen molar-refractivity contribution in [3.05, 3.63) is 65.7 Å². The smallest absolute Gasteiger partial charge is 0.217 e. The number of hydrogen-bond acceptors (Lipinski definition) is 4. The molecule has 0 bridgehead atoms. The summed E-state index contributed by atoms with van der Waals surface area (Å²) in [5, 5.41) is 24.8. The highest BCUT2D eigenvalue weighted by atomic mass is 16.5. The Morgan fingerprint density at radius 2 is 1.80 bits per heavy atom. The van der Waals surface area contributed by atoms with Crippen LogP contribution in [0.4, 0.5) is 0 Å². The summed E-state index contributed by atoms with van der Waals surface area (Å²) in [6.07, 6.45) is 0. The van der Waals surface area contributed by atoms with Gasteiger partial charge in [0, 0.05) is 18.1 Å². The summed E-state index contributed by atoms with van der Waals surface area (Å²) < 4.78 is 5.42. The van der Waals surface area contributed by atoms with Gasteiger partial charge in [-0.25, -0.2) is 0 Å². The molecule has 0 spiro atoms. The number of hydrogen-bond donors (Lipinski definition) is 3. The van der Waals surface area contributed by atoms with Gasteiger partial charge in [0.15, 0.2) is 0 Å². The molecule has 3 rings (SSSR count). The highest BCUT2D eigenvalue weighted by molar-refractivity contribution is 5.90. The number of nitrogens with one attached hydrogen (secondary N) is 1. The summed E-state index contributed by atoms with van der Waals surface area (Å²) in [4.78, 5) is 11.8. The number of phenolic OH excluding ortho intramolecular Hbond substituents is 2. The van der Waals surface area contributed by atoms with E-state index >= 15 is 0 Å². The molecule has 3 aromatic rings. The molecule has 0 aliphatic carbocycles. The van der Waals surface area contributed by atoms with Crippen LogP contribution in [0.3, 0.4) is 0 Å². The number of amides is 1. The summed E-state index contributed by atoms with van der Waals surface area (Å²) in [6.45, 7) is 1.42. The third-order valence-electron chi connectivity index (χ3n) is 4.11. The standard InChI is InChI=1S/C20H19NO4/c1-12(22)21-20(15-5-3-4-6-18(15)25-2)19-16-11-14(23)9-7-13(16)8-10-17(19)24/h3-11,20,23-24H,1-2H3,(H,21,22)/t20-/m0/s1. The first-order valence-corrected chi connectivity index (χ1v) is 7.86. The molecule has 3 aromatic carbocycles. The van der Waals surface area contributed by atoms with Gasteiger partial charge in [-0.3, -0.25) is 4.79 Å². The largest absolute Gasteiger partial charge is 0.508 e. The van der Waals surface area contributed by atoms with Crippen LogP contribution in [0.5, 0.6) is 17.2 Å². The van der Waals surface area contributed by atoms with Crippen LogP contribution in [0.15, 0.2) is 54.6 Å². The molecule has 25 heavy (non-hydrogen) atoms. The van der Waals surface area contributed by atoms with Gasteiger partial charge >= 0.3 is 0 Å². The zero-order chi connectivity index (χ0) is 18.0. The number of rotatable bonds is 4. The first-order valence-electron chi connectivity index (χ1n) is 7.86. The summed E-state index contributed by atoms with van der Waals surface area (Å²) in [7, 11) is 1.55. The molecule has 5 heteroatoms. The first-order chi connectivity index (χ1) is 12.0. The molecule has 0 heterocycles. The maximum atomic E-state index is 11.8. The Morgan fingerprint density at radius 3 is 2.52 bits per heavy atom. The summed E-state index contributed by atoms with van der Waals surface area (Å²) in [5.74, 6) is 0.467. The van der Waals surface area contributed by atoms with E-state index in [1.165, 1.54) is 6.92 Å². The van der Waals surface area contributed by atoms with E-state index < -0.39 is 6.04 Å². The number of methoxy groups -OCH3 is 1. The van der Waals surface area contributed by atoms with Gasteiger partial charge in [0.05, 0.1) is 13.2 Å².